The van der Waals surface area contributed by atoms with Crippen molar-refractivity contribution in [3.05, 3.63) is 0 Å². The van der Waals surface area contributed by atoms with Gasteiger partial charge in [-0.2, -0.15) is 0 Å². The summed E-state index contributed by atoms with van der Waals surface area (Å²) < 4.78 is 11.9. The summed E-state index contributed by atoms with van der Waals surface area (Å²) in [4.78, 5) is 28.1. The highest BCUT2D eigenvalue weighted by Gasteiger charge is 2.50. The molecule has 0 radical (unpaired) electrons. The van der Waals surface area contributed by atoms with Crippen molar-refractivity contribution in [1.29, 1.82) is 0 Å². The normalized spacial score (nSPS) is 28.6. The van der Waals surface area contributed by atoms with Crippen molar-refractivity contribution >= 4 is 35.2 Å². The molecular formula is C35H65ClN2O6S. The number of likely N-dealkylation sites (tertiary alicyclic amines) is 1. The van der Waals surface area contributed by atoms with Crippen molar-refractivity contribution in [2.45, 2.75) is 184 Å². The van der Waals surface area contributed by atoms with Crippen LogP contribution in [-0.2, 0) is 19.1 Å². The van der Waals surface area contributed by atoms with Gasteiger partial charge in [-0.05, 0) is 45.4 Å². The van der Waals surface area contributed by atoms with Gasteiger partial charge in [0.2, 0.25) is 5.91 Å². The van der Waals surface area contributed by atoms with Gasteiger partial charge >= 0.3 is 5.97 Å². The zero-order chi connectivity index (χ0) is 33.2. The van der Waals surface area contributed by atoms with E-state index in [2.05, 4.69) is 24.1 Å². The highest BCUT2D eigenvalue weighted by atomic mass is 35.5. The molecule has 0 aliphatic carbocycles. The number of alkyl halides is 1. The molecule has 0 aromatic carbocycles. The first-order valence-electron chi connectivity index (χ1n) is 18.0. The summed E-state index contributed by atoms with van der Waals surface area (Å²) in [6.45, 7) is 7.02. The minimum absolute atomic E-state index is 0.152. The fraction of sp³-hybridized carbons (Fsp3) is 0.943. The quantitative estimate of drug-likeness (QED) is 0.0616. The molecule has 9 atom stereocenters. The average Bonchev–Trinajstić information content (AvgIpc) is 3.38. The van der Waals surface area contributed by atoms with E-state index < -0.39 is 47.2 Å². The molecule has 1 amide bonds. The summed E-state index contributed by atoms with van der Waals surface area (Å²) in [5.41, 5.74) is -0.702. The maximum Gasteiger partial charge on any atom is 0.306 e. The number of rotatable bonds is 23. The molecule has 2 aliphatic heterocycles. The van der Waals surface area contributed by atoms with Gasteiger partial charge in [0.15, 0.2) is 6.10 Å². The number of esters is 1. The largest absolute Gasteiger partial charge is 0.456 e. The molecule has 8 unspecified atom stereocenters. The second-order valence-corrected chi connectivity index (χ2v) is 15.2. The Morgan fingerprint density at radius 2 is 1.49 bits per heavy atom. The van der Waals surface area contributed by atoms with E-state index in [1.165, 1.54) is 82.4 Å². The van der Waals surface area contributed by atoms with Crippen LogP contribution in [0, 0.1) is 5.92 Å². The van der Waals surface area contributed by atoms with Gasteiger partial charge in [0.25, 0.3) is 0 Å². The first-order valence-corrected chi connectivity index (χ1v) is 19.7. The lowest BCUT2D eigenvalue weighted by molar-refractivity contribution is -0.218. The summed E-state index contributed by atoms with van der Waals surface area (Å²) in [5, 5.41) is 24.6. The highest BCUT2D eigenvalue weighted by Crippen LogP contribution is 2.33. The number of nitrogens with one attached hydrogen (secondary N) is 1. The third-order valence-electron chi connectivity index (χ3n) is 9.61. The first kappa shape index (κ1) is 40.6. The van der Waals surface area contributed by atoms with Gasteiger partial charge in [-0.3, -0.25) is 14.5 Å². The SMILES string of the molecule is CCCCCCCCCCCCCCCCC(=O)OC1C(SC)OC([C@H](NC(=O)C2CC(CCC)CN2C)C(C)Cl)C(O)C1O. The molecule has 2 heterocycles. The number of likely N-dealkylation sites (N-methyl/N-ethyl adjacent to an activating group) is 1. The van der Waals surface area contributed by atoms with Crippen molar-refractivity contribution in [2.75, 3.05) is 19.8 Å². The van der Waals surface area contributed by atoms with Crippen LogP contribution in [0.1, 0.15) is 136 Å². The number of halogens is 1. The molecule has 45 heavy (non-hydrogen) atoms. The molecule has 0 bridgehead atoms. The van der Waals surface area contributed by atoms with Crippen molar-refractivity contribution in [1.82, 2.24) is 10.2 Å². The zero-order valence-corrected chi connectivity index (χ0v) is 30.5. The van der Waals surface area contributed by atoms with Crippen LogP contribution in [0.3, 0.4) is 0 Å². The first-order chi connectivity index (χ1) is 21.6. The Labute approximate surface area is 283 Å². The number of hydrogen-bond donors (Lipinski definition) is 3. The van der Waals surface area contributed by atoms with E-state index in [1.54, 1.807) is 13.2 Å². The summed E-state index contributed by atoms with van der Waals surface area (Å²) in [5.74, 6) is -0.0733. The molecule has 8 nitrogen and oxygen atoms in total. The number of hydrogen-bond acceptors (Lipinski definition) is 8. The van der Waals surface area contributed by atoms with Crippen molar-refractivity contribution < 1.29 is 29.3 Å². The van der Waals surface area contributed by atoms with Crippen molar-refractivity contribution in [3.63, 3.8) is 0 Å². The number of ether oxygens (including phenoxy) is 2. The van der Waals surface area contributed by atoms with E-state index in [9.17, 15) is 19.8 Å². The minimum atomic E-state index is -1.38. The number of amides is 1. The molecule has 2 aliphatic rings. The van der Waals surface area contributed by atoms with Gasteiger partial charge in [0.05, 0.1) is 17.5 Å². The Balaban J connectivity index is 1.74. The molecular weight excluding hydrogens is 612 g/mol. The molecule has 2 fully saturated rings. The third kappa shape index (κ3) is 14.2. The van der Waals surface area contributed by atoms with Gasteiger partial charge in [0.1, 0.15) is 23.7 Å². The van der Waals surface area contributed by atoms with Gasteiger partial charge in [-0.1, -0.05) is 104 Å². The standard InChI is InChI=1S/C35H65ClN2O6S/c1-6-8-9-10-11-12-13-14-15-16-17-18-19-20-22-28(39)43-33-31(41)30(40)32(44-35(33)45-5)29(25(3)36)37-34(42)27-23-26(21-7-2)24-38(27)4/h25-27,29-33,35,40-41H,6-24H2,1-5H3,(H,37,42)/t25?,26?,27?,29-,30?,31?,32?,33?,35?/m1/s1. The molecule has 0 aromatic rings. The number of nitrogens with zero attached hydrogens (tertiary/aromatic N) is 1. The number of carbonyl (C=O) groups excluding carboxylic acids is 2. The van der Waals surface area contributed by atoms with E-state index in [0.29, 0.717) is 5.92 Å². The molecule has 3 N–H and O–H groups in total. The van der Waals surface area contributed by atoms with Gasteiger partial charge in [0, 0.05) is 13.0 Å². The van der Waals surface area contributed by atoms with Gasteiger partial charge in [-0.25, -0.2) is 0 Å². The number of aliphatic hydroxyl groups is 2. The molecule has 2 saturated heterocycles. The molecule has 264 valence electrons. The average molecular weight is 677 g/mol. The third-order valence-corrected chi connectivity index (χ3v) is 10.7. The van der Waals surface area contributed by atoms with Crippen LogP contribution in [0.2, 0.25) is 0 Å². The summed E-state index contributed by atoms with van der Waals surface area (Å²) in [7, 11) is 1.95. The fourth-order valence-electron chi connectivity index (χ4n) is 6.90. The van der Waals surface area contributed by atoms with Crippen LogP contribution in [0.15, 0.2) is 0 Å². The topological polar surface area (TPSA) is 108 Å². The zero-order valence-electron chi connectivity index (χ0n) is 28.9. The van der Waals surface area contributed by atoms with E-state index >= 15 is 0 Å². The van der Waals surface area contributed by atoms with E-state index in [0.717, 1.165) is 45.1 Å². The predicted molar refractivity (Wildman–Crippen MR) is 186 cm³/mol. The Bertz CT molecular complexity index is 821. The van der Waals surface area contributed by atoms with Crippen LogP contribution in [0.4, 0.5) is 0 Å². The Kier molecular flexibility index (Phi) is 20.7. The van der Waals surface area contributed by atoms with Crippen LogP contribution in [0.25, 0.3) is 0 Å². The van der Waals surface area contributed by atoms with E-state index in [4.69, 9.17) is 21.1 Å². The van der Waals surface area contributed by atoms with E-state index in [-0.39, 0.29) is 18.4 Å². The minimum Gasteiger partial charge on any atom is -0.456 e. The van der Waals surface area contributed by atoms with Gasteiger partial charge < -0.3 is 25.0 Å². The summed E-state index contributed by atoms with van der Waals surface area (Å²) in [6, 6.07) is -1.01. The maximum atomic E-state index is 13.3. The number of thioether (sulfide) groups is 1. The number of aliphatic hydroxyl groups excluding tert-OH is 2. The Hall–Kier alpha value is -0.580. The predicted octanol–water partition coefficient (Wildman–Crippen LogP) is 6.81. The molecule has 0 spiro atoms. The molecule has 2 rings (SSSR count). The van der Waals surface area contributed by atoms with Crippen LogP contribution >= 0.6 is 23.4 Å². The molecule has 0 saturated carbocycles. The van der Waals surface area contributed by atoms with Gasteiger partial charge in [-0.15, -0.1) is 23.4 Å². The fourth-order valence-corrected chi connectivity index (χ4v) is 7.83. The molecule has 10 heteroatoms. The smallest absolute Gasteiger partial charge is 0.306 e. The second-order valence-electron chi connectivity index (χ2n) is 13.5. The highest BCUT2D eigenvalue weighted by molar-refractivity contribution is 7.99. The summed E-state index contributed by atoms with van der Waals surface area (Å²) in [6.07, 6.45) is 17.7. The lowest BCUT2D eigenvalue weighted by Crippen LogP contribution is -2.65. The Morgan fingerprint density at radius 1 is 0.933 bits per heavy atom. The van der Waals surface area contributed by atoms with Crippen molar-refractivity contribution in [3.8, 4) is 0 Å². The van der Waals surface area contributed by atoms with Crippen molar-refractivity contribution in [2.24, 2.45) is 5.92 Å². The lowest BCUT2D eigenvalue weighted by Gasteiger charge is -2.45. The number of carbonyl (C=O) groups is 2. The van der Waals surface area contributed by atoms with E-state index in [1.807, 2.05) is 7.05 Å². The number of unbranched alkanes of at least 4 members (excludes halogenated alkanes) is 13. The molecule has 0 aromatic heterocycles. The summed E-state index contributed by atoms with van der Waals surface area (Å²) >= 11 is 7.82. The Morgan fingerprint density at radius 3 is 2.00 bits per heavy atom. The van der Waals surface area contributed by atoms with Crippen LogP contribution < -0.4 is 5.32 Å². The lowest BCUT2D eigenvalue weighted by atomic mass is 9.92. The van der Waals surface area contributed by atoms with Crippen LogP contribution in [-0.4, -0.2) is 94.2 Å². The second kappa shape index (κ2) is 22.9. The maximum absolute atomic E-state index is 13.3. The monoisotopic (exact) mass is 676 g/mol. The van der Waals surface area contributed by atoms with Crippen LogP contribution in [0.5, 0.6) is 0 Å².